The van der Waals surface area contributed by atoms with Gasteiger partial charge in [0.1, 0.15) is 0 Å². The Balaban J connectivity index is 0.000000254. The first kappa shape index (κ1) is 23.2. The van der Waals surface area contributed by atoms with E-state index < -0.39 is 4.92 Å². The second-order valence-electron chi connectivity index (χ2n) is 6.45. The van der Waals surface area contributed by atoms with Crippen molar-refractivity contribution < 1.29 is 14.5 Å². The number of carbonyl (C=O) groups excluding carboxylic acids is 2. The molecule has 0 bridgehead atoms. The predicted octanol–water partition coefficient (Wildman–Crippen LogP) is 6.13. The first-order valence-electron chi connectivity index (χ1n) is 9.44. The van der Waals surface area contributed by atoms with Crippen molar-refractivity contribution in [3.05, 3.63) is 75.8 Å². The molecule has 0 aromatic heterocycles. The van der Waals surface area contributed by atoms with E-state index in [1.807, 2.05) is 44.2 Å². The number of nitrogens with zero attached hydrogens (tertiary/aromatic N) is 1. The van der Waals surface area contributed by atoms with E-state index >= 15 is 0 Å². The van der Waals surface area contributed by atoms with Crippen LogP contribution in [0.4, 0.5) is 5.69 Å². The summed E-state index contributed by atoms with van der Waals surface area (Å²) in [5.41, 5.74) is 1.31. The first-order valence-corrected chi connectivity index (χ1v) is 9.44. The molecule has 0 aliphatic heterocycles. The molecule has 0 N–H and O–H groups in total. The fourth-order valence-electron chi connectivity index (χ4n) is 2.54. The molecule has 0 atom stereocenters. The summed E-state index contributed by atoms with van der Waals surface area (Å²) in [6.45, 7) is 4.00. The lowest BCUT2D eigenvalue weighted by Gasteiger charge is -1.97. The van der Waals surface area contributed by atoms with E-state index in [0.29, 0.717) is 17.3 Å². The van der Waals surface area contributed by atoms with Gasteiger partial charge in [0.25, 0.3) is 5.69 Å². The highest BCUT2D eigenvalue weighted by molar-refractivity contribution is 6.00. The van der Waals surface area contributed by atoms with E-state index in [1.54, 1.807) is 12.1 Å². The maximum Gasteiger partial charge on any atom is 0.270 e. The van der Waals surface area contributed by atoms with Crippen LogP contribution in [0.3, 0.4) is 0 Å². The third-order valence-electron chi connectivity index (χ3n) is 4.30. The van der Waals surface area contributed by atoms with Crippen LogP contribution in [0.5, 0.6) is 0 Å². The molecule has 2 aliphatic rings. The summed E-state index contributed by atoms with van der Waals surface area (Å²) in [5.74, 6) is 0.814. The summed E-state index contributed by atoms with van der Waals surface area (Å²) in [6, 6.07) is 15.5. The summed E-state index contributed by atoms with van der Waals surface area (Å²) in [6.07, 6.45) is 4.02. The van der Waals surface area contributed by atoms with Gasteiger partial charge in [-0.05, 0) is 25.7 Å². The third-order valence-corrected chi connectivity index (χ3v) is 4.30. The lowest BCUT2D eigenvalue weighted by Crippen LogP contribution is -2.01. The van der Waals surface area contributed by atoms with Crippen molar-refractivity contribution in [1.29, 1.82) is 0 Å². The van der Waals surface area contributed by atoms with Gasteiger partial charge < -0.3 is 0 Å². The summed E-state index contributed by atoms with van der Waals surface area (Å²) < 4.78 is 0. The number of ketones is 2. The zero-order valence-corrected chi connectivity index (χ0v) is 15.8. The minimum atomic E-state index is -0.482. The molecule has 0 unspecified atom stereocenters. The maximum absolute atomic E-state index is 11.6. The number of benzene rings is 2. The largest absolute Gasteiger partial charge is 0.294 e. The number of carbonyl (C=O) groups is 2. The highest BCUT2D eigenvalue weighted by Gasteiger charge is 2.31. The third kappa shape index (κ3) is 6.72. The highest BCUT2D eigenvalue weighted by Crippen LogP contribution is 2.33. The number of hydrogen-bond donors (Lipinski definition) is 0. The van der Waals surface area contributed by atoms with Crippen molar-refractivity contribution in [3.8, 4) is 0 Å². The molecule has 0 spiro atoms. The van der Waals surface area contributed by atoms with Gasteiger partial charge in [0.05, 0.1) is 4.92 Å². The normalized spacial score (nSPS) is 14.2. The van der Waals surface area contributed by atoms with Crippen molar-refractivity contribution in [2.75, 3.05) is 0 Å². The van der Waals surface area contributed by atoms with Gasteiger partial charge in [-0.3, -0.25) is 19.7 Å². The van der Waals surface area contributed by atoms with Crippen molar-refractivity contribution in [2.24, 2.45) is 11.8 Å². The molecule has 0 heterocycles. The number of Topliss-reactive ketones (excluding diaryl/α,β-unsaturated/α-hetero) is 2. The smallest absolute Gasteiger partial charge is 0.270 e. The SMILES string of the molecule is C.CC.O=C(c1cccc([N+](=O)[O-])c1)C1CC1.O=C(c1ccccc1)C1CC1. The molecule has 0 saturated heterocycles. The Kier molecular flexibility index (Phi) is 9.22. The number of rotatable bonds is 5. The Bertz CT molecular complexity index is 793. The molecule has 2 aromatic carbocycles. The van der Waals surface area contributed by atoms with Gasteiger partial charge in [-0.15, -0.1) is 0 Å². The van der Waals surface area contributed by atoms with Gasteiger partial charge >= 0.3 is 0 Å². The van der Waals surface area contributed by atoms with Crippen LogP contribution in [0.2, 0.25) is 0 Å². The van der Waals surface area contributed by atoms with Gasteiger partial charge in [-0.1, -0.05) is 63.7 Å². The van der Waals surface area contributed by atoms with E-state index in [0.717, 1.165) is 31.2 Å². The van der Waals surface area contributed by atoms with Crippen molar-refractivity contribution >= 4 is 17.3 Å². The summed E-state index contributed by atoms with van der Waals surface area (Å²) in [7, 11) is 0. The lowest BCUT2D eigenvalue weighted by molar-refractivity contribution is -0.384. The van der Waals surface area contributed by atoms with Crippen LogP contribution < -0.4 is 0 Å². The first-order chi connectivity index (χ1) is 13.1. The van der Waals surface area contributed by atoms with Crippen LogP contribution in [0, 0.1) is 22.0 Å². The van der Waals surface area contributed by atoms with Gasteiger partial charge in [-0.25, -0.2) is 0 Å². The molecule has 4 rings (SSSR count). The van der Waals surface area contributed by atoms with E-state index in [-0.39, 0.29) is 24.8 Å². The monoisotopic (exact) mass is 383 g/mol. The fourth-order valence-corrected chi connectivity index (χ4v) is 2.54. The topological polar surface area (TPSA) is 77.3 Å². The molecule has 5 nitrogen and oxygen atoms in total. The van der Waals surface area contributed by atoms with Crippen LogP contribution in [0.15, 0.2) is 54.6 Å². The van der Waals surface area contributed by atoms with Crippen LogP contribution in [-0.4, -0.2) is 16.5 Å². The molecular weight excluding hydrogens is 354 g/mol. The van der Waals surface area contributed by atoms with E-state index in [2.05, 4.69) is 0 Å². The lowest BCUT2D eigenvalue weighted by atomic mass is 10.1. The van der Waals surface area contributed by atoms with E-state index in [4.69, 9.17) is 0 Å². The molecule has 2 aromatic rings. The zero-order chi connectivity index (χ0) is 19.8. The Morgan fingerprint density at radius 1 is 0.821 bits per heavy atom. The number of nitro benzene ring substituents is 1. The second kappa shape index (κ2) is 11.1. The molecular formula is C23H29NO4. The Morgan fingerprint density at radius 3 is 1.75 bits per heavy atom. The molecule has 2 saturated carbocycles. The molecule has 0 amide bonds. The molecule has 150 valence electrons. The average molecular weight is 383 g/mol. The van der Waals surface area contributed by atoms with Gasteiger partial charge in [0.2, 0.25) is 0 Å². The predicted molar refractivity (Wildman–Crippen MR) is 112 cm³/mol. The standard InChI is InChI=1S/C10H9NO3.C10H10O.C2H6.CH4/c12-10(7-4-5-7)8-2-1-3-9(6-8)11(13)14;11-10(9-6-7-9)8-4-2-1-3-5-8;1-2;/h1-3,6-7H,4-5H2;1-5,9H,6-7H2;1-2H3;1H4. The van der Waals surface area contributed by atoms with Crippen LogP contribution in [0.25, 0.3) is 0 Å². The summed E-state index contributed by atoms with van der Waals surface area (Å²) in [4.78, 5) is 32.9. The fraction of sp³-hybridized carbons (Fsp3) is 0.391. The summed E-state index contributed by atoms with van der Waals surface area (Å²) >= 11 is 0. The molecule has 5 heteroatoms. The van der Waals surface area contributed by atoms with Gasteiger partial charge in [-0.2, -0.15) is 0 Å². The number of nitro groups is 1. The minimum Gasteiger partial charge on any atom is -0.294 e. The molecule has 0 radical (unpaired) electrons. The Labute approximate surface area is 166 Å². The van der Waals surface area contributed by atoms with Crippen LogP contribution in [0.1, 0.15) is 67.7 Å². The van der Waals surface area contributed by atoms with Crippen LogP contribution >= 0.6 is 0 Å². The van der Waals surface area contributed by atoms with Crippen LogP contribution in [-0.2, 0) is 0 Å². The van der Waals surface area contributed by atoms with Crippen molar-refractivity contribution in [1.82, 2.24) is 0 Å². The molecule has 28 heavy (non-hydrogen) atoms. The number of hydrogen-bond acceptors (Lipinski definition) is 4. The van der Waals surface area contributed by atoms with Crippen molar-refractivity contribution in [3.63, 3.8) is 0 Å². The average Bonchev–Trinajstić information content (AvgIpc) is 3.62. The van der Waals surface area contributed by atoms with Crippen molar-refractivity contribution in [2.45, 2.75) is 47.0 Å². The Morgan fingerprint density at radius 2 is 1.29 bits per heavy atom. The van der Waals surface area contributed by atoms with E-state index in [9.17, 15) is 19.7 Å². The minimum absolute atomic E-state index is 0. The molecule has 2 fully saturated rings. The van der Waals surface area contributed by atoms with Gasteiger partial charge in [0.15, 0.2) is 11.6 Å². The summed E-state index contributed by atoms with van der Waals surface area (Å²) in [5, 5.41) is 10.5. The van der Waals surface area contributed by atoms with Gasteiger partial charge in [0, 0.05) is 35.1 Å². The quantitative estimate of drug-likeness (QED) is 0.353. The molecule has 2 aliphatic carbocycles. The zero-order valence-electron chi connectivity index (χ0n) is 15.8. The maximum atomic E-state index is 11.6. The highest BCUT2D eigenvalue weighted by atomic mass is 16.6. The van der Waals surface area contributed by atoms with E-state index in [1.165, 1.54) is 12.1 Å². The second-order valence-corrected chi connectivity index (χ2v) is 6.45. The number of non-ortho nitro benzene ring substituents is 1. The Hall–Kier alpha value is -2.82.